The second-order valence-corrected chi connectivity index (χ2v) is 22.0. The first-order chi connectivity index (χ1) is 28.4. The smallest absolute Gasteiger partial charge is 0.264 e. The quantitative estimate of drug-likeness (QED) is 0.0605. The van der Waals surface area contributed by atoms with Crippen LogP contribution in [0.25, 0.3) is 0 Å². The lowest BCUT2D eigenvalue weighted by Crippen LogP contribution is -2.64. The van der Waals surface area contributed by atoms with E-state index < -0.39 is 46.1 Å². The van der Waals surface area contributed by atoms with Crippen molar-refractivity contribution in [3.8, 4) is 0 Å². The molecule has 6 atom stereocenters. The maximum absolute atomic E-state index is 15.5. The molecule has 10 nitrogen and oxygen atoms in total. The van der Waals surface area contributed by atoms with Gasteiger partial charge in [0.15, 0.2) is 6.29 Å². The van der Waals surface area contributed by atoms with Crippen LogP contribution in [0.1, 0.15) is 104 Å². The van der Waals surface area contributed by atoms with E-state index in [-0.39, 0.29) is 51.2 Å². The average Bonchev–Trinajstić information content (AvgIpc) is 3.91. The number of nitrogens with one attached hydrogen (secondary N) is 3. The lowest BCUT2D eigenvalue weighted by molar-refractivity contribution is -0.132. The van der Waals surface area contributed by atoms with Crippen LogP contribution >= 0.6 is 23.5 Å². The maximum Gasteiger partial charge on any atom is 0.264 e. The molecule has 0 aromatic heterocycles. The van der Waals surface area contributed by atoms with E-state index in [1.165, 1.54) is 37.1 Å². The van der Waals surface area contributed by atoms with E-state index in [1.54, 1.807) is 28.8 Å². The van der Waals surface area contributed by atoms with Crippen LogP contribution in [-0.4, -0.2) is 73.8 Å². The summed E-state index contributed by atoms with van der Waals surface area (Å²) in [6.45, 7) is 0. The highest BCUT2D eigenvalue weighted by atomic mass is 32.2. The van der Waals surface area contributed by atoms with Gasteiger partial charge in [0.25, 0.3) is 17.7 Å². The van der Waals surface area contributed by atoms with Gasteiger partial charge >= 0.3 is 0 Å². The standard InChI is InChI=1S/C46H51FN4O6S2/c47-30-6-7-31(43-51-35(22-59-43)38(54)36(42(51)57)40(56)50-45-15-24-8-25(16-45)10-26(9-24)17-45)33(12-30)44-13-27-11-28(14-44)19-46(18-27,23-44)49-39(55)32(20-52)37(53)34-21-58-41(48-34)29-4-2-1-3-5-29/h1-7,12,20,24-28,34-35,41,43,48,53-54H,8-11,13-19,21-23H2,(H,49,55)(H,50,56)/b37-32-/t24?,25?,26?,27?,28?,34?,35?,41-,43-,44?,45?,46?/m0/s1. The average molecular weight is 839 g/mol. The molecular weight excluding hydrogens is 788 g/mol. The number of hydrogen-bond donors (Lipinski definition) is 5. The third-order valence-corrected chi connectivity index (χ3v) is 18.4. The molecule has 310 valence electrons. The Morgan fingerprint density at radius 3 is 2.19 bits per heavy atom. The highest BCUT2D eigenvalue weighted by molar-refractivity contribution is 8.00. The number of benzene rings is 2. The first kappa shape index (κ1) is 38.1. The molecule has 2 aromatic rings. The van der Waals surface area contributed by atoms with E-state index in [9.17, 15) is 29.4 Å². The van der Waals surface area contributed by atoms with E-state index in [1.807, 2.05) is 30.3 Å². The fourth-order valence-electron chi connectivity index (χ4n) is 14.5. The molecule has 0 spiro atoms. The van der Waals surface area contributed by atoms with Gasteiger partial charge in [-0.05, 0) is 141 Å². The molecule has 8 aliphatic carbocycles. The topological polar surface area (TPSA) is 148 Å². The van der Waals surface area contributed by atoms with Crippen molar-refractivity contribution in [3.05, 3.63) is 93.7 Å². The molecule has 3 aliphatic heterocycles. The van der Waals surface area contributed by atoms with E-state index in [0.29, 0.717) is 42.0 Å². The number of carbonyl (C=O) groups excluding carboxylic acids is 4. The number of hydrogen-bond acceptors (Lipinski definition) is 9. The van der Waals surface area contributed by atoms with Crippen molar-refractivity contribution in [1.29, 1.82) is 0 Å². The minimum Gasteiger partial charge on any atom is -0.510 e. The molecule has 8 bridgehead atoms. The molecule has 3 amide bonds. The monoisotopic (exact) mass is 838 g/mol. The number of aliphatic hydroxyl groups is 2. The van der Waals surface area contributed by atoms with Crippen LogP contribution in [0.3, 0.4) is 0 Å². The number of carbonyl (C=O) groups is 4. The van der Waals surface area contributed by atoms with Gasteiger partial charge in [0.2, 0.25) is 0 Å². The zero-order chi connectivity index (χ0) is 40.4. The summed E-state index contributed by atoms with van der Waals surface area (Å²) in [5.74, 6) is 0.892. The molecule has 3 heterocycles. The summed E-state index contributed by atoms with van der Waals surface area (Å²) >= 11 is 3.13. The fourth-order valence-corrected chi connectivity index (χ4v) is 17.2. The lowest BCUT2D eigenvalue weighted by atomic mass is 9.45. The van der Waals surface area contributed by atoms with E-state index in [4.69, 9.17) is 0 Å². The Balaban J connectivity index is 0.851. The Kier molecular flexibility index (Phi) is 8.96. The number of fused-ring (bicyclic) bond motifs is 1. The summed E-state index contributed by atoms with van der Waals surface area (Å²) in [6, 6.07) is 13.4. The molecule has 2 saturated heterocycles. The number of aliphatic hydroxyl groups excluding tert-OH is 2. The summed E-state index contributed by atoms with van der Waals surface area (Å²) in [7, 11) is 0. The molecule has 11 aliphatic rings. The number of halogens is 1. The van der Waals surface area contributed by atoms with Gasteiger partial charge in [-0.2, -0.15) is 0 Å². The predicted molar refractivity (Wildman–Crippen MR) is 222 cm³/mol. The molecule has 0 radical (unpaired) electrons. The highest BCUT2D eigenvalue weighted by Gasteiger charge is 2.61. The summed E-state index contributed by atoms with van der Waals surface area (Å²) in [6.07, 6.45) is 11.5. The molecule has 2 aromatic carbocycles. The highest BCUT2D eigenvalue weighted by Crippen LogP contribution is 2.64. The predicted octanol–water partition coefficient (Wildman–Crippen LogP) is 6.80. The zero-order valence-electron chi connectivity index (χ0n) is 33.0. The normalized spacial score (nSPS) is 40.4. The molecule has 10 fully saturated rings. The van der Waals surface area contributed by atoms with Gasteiger partial charge in [0.1, 0.15) is 39.9 Å². The first-order valence-corrected chi connectivity index (χ1v) is 23.7. The number of amides is 3. The third-order valence-electron chi connectivity index (χ3n) is 15.8. The molecular formula is C46H51FN4O6S2. The number of thioether (sulfide) groups is 2. The summed E-state index contributed by atoms with van der Waals surface area (Å²) in [5, 5.41) is 32.3. The van der Waals surface area contributed by atoms with E-state index >= 15 is 4.39 Å². The van der Waals surface area contributed by atoms with Crippen molar-refractivity contribution in [2.75, 3.05) is 11.5 Å². The number of nitrogens with zero attached hydrogens (tertiary/aromatic N) is 1. The van der Waals surface area contributed by atoms with Crippen molar-refractivity contribution in [2.45, 2.75) is 116 Å². The number of aldehydes is 1. The van der Waals surface area contributed by atoms with Crippen LogP contribution in [0.2, 0.25) is 0 Å². The van der Waals surface area contributed by atoms with Crippen LogP contribution in [0.15, 0.2) is 71.2 Å². The molecule has 13 heteroatoms. The second kappa shape index (κ2) is 13.9. The first-order valence-electron chi connectivity index (χ1n) is 21.6. The van der Waals surface area contributed by atoms with Gasteiger partial charge < -0.3 is 25.7 Å². The van der Waals surface area contributed by atoms with Crippen molar-refractivity contribution in [3.63, 3.8) is 0 Å². The lowest BCUT2D eigenvalue weighted by Gasteiger charge is -2.62. The maximum atomic E-state index is 15.5. The summed E-state index contributed by atoms with van der Waals surface area (Å²) in [5.41, 5.74) is 0.751. The Morgan fingerprint density at radius 1 is 0.847 bits per heavy atom. The Morgan fingerprint density at radius 2 is 1.51 bits per heavy atom. The Bertz CT molecular complexity index is 2160. The second-order valence-electron chi connectivity index (χ2n) is 19.8. The van der Waals surface area contributed by atoms with Gasteiger partial charge in [-0.25, -0.2) is 4.39 Å². The van der Waals surface area contributed by atoms with Crippen LogP contribution in [0.4, 0.5) is 4.39 Å². The minimum absolute atomic E-state index is 0.0816. The Hall–Kier alpha value is -3.81. The third kappa shape index (κ3) is 6.21. The van der Waals surface area contributed by atoms with E-state index in [2.05, 4.69) is 16.0 Å². The summed E-state index contributed by atoms with van der Waals surface area (Å²) in [4.78, 5) is 56.7. The van der Waals surface area contributed by atoms with Crippen LogP contribution in [0.5, 0.6) is 0 Å². The van der Waals surface area contributed by atoms with Crippen LogP contribution < -0.4 is 16.0 Å². The SMILES string of the molecule is O=C/C(C(=O)NC12CC3CC(C1)CC(c1cc(F)ccc1[C@@H]1SCC4C(O)=C(C(=O)NC56CC7CC(CC(C7)C5)C6)C(=O)N41)(C3)C2)=C(/O)C1CS[C@@H](c2ccccc2)N1. The van der Waals surface area contributed by atoms with Crippen molar-refractivity contribution >= 4 is 47.5 Å². The van der Waals surface area contributed by atoms with Gasteiger partial charge in [-0.3, -0.25) is 24.5 Å². The largest absolute Gasteiger partial charge is 0.510 e. The van der Waals surface area contributed by atoms with Crippen LogP contribution in [-0.2, 0) is 24.6 Å². The van der Waals surface area contributed by atoms with E-state index in [0.717, 1.165) is 68.1 Å². The van der Waals surface area contributed by atoms with Crippen molar-refractivity contribution in [2.24, 2.45) is 29.6 Å². The Labute approximate surface area is 352 Å². The fraction of sp³-hybridized carbons (Fsp3) is 0.565. The molecule has 13 rings (SSSR count). The van der Waals surface area contributed by atoms with Crippen molar-refractivity contribution < 1.29 is 33.8 Å². The summed E-state index contributed by atoms with van der Waals surface area (Å²) < 4.78 is 15.5. The van der Waals surface area contributed by atoms with Gasteiger partial charge in [0.05, 0.1) is 11.4 Å². The van der Waals surface area contributed by atoms with Gasteiger partial charge in [0, 0.05) is 22.6 Å². The van der Waals surface area contributed by atoms with Crippen molar-refractivity contribution in [1.82, 2.24) is 20.9 Å². The van der Waals surface area contributed by atoms with Gasteiger partial charge in [-0.1, -0.05) is 36.4 Å². The molecule has 4 unspecified atom stereocenters. The molecule has 8 saturated carbocycles. The molecule has 5 N–H and O–H groups in total. The number of rotatable bonds is 9. The zero-order valence-corrected chi connectivity index (χ0v) is 34.6. The minimum atomic E-state index is -0.666. The van der Waals surface area contributed by atoms with Crippen LogP contribution in [0, 0.1) is 35.4 Å². The molecule has 59 heavy (non-hydrogen) atoms. The van der Waals surface area contributed by atoms with Gasteiger partial charge in [-0.15, -0.1) is 23.5 Å².